The third-order valence-electron chi connectivity index (χ3n) is 2.89. The second-order valence-electron chi connectivity index (χ2n) is 5.07. The van der Waals surface area contributed by atoms with Crippen molar-refractivity contribution in [2.45, 2.75) is 26.0 Å². The Kier molecular flexibility index (Phi) is 3.85. The van der Waals surface area contributed by atoms with E-state index in [-0.39, 0.29) is 11.4 Å². The molecule has 0 amide bonds. The minimum atomic E-state index is -0.212. The van der Waals surface area contributed by atoms with Gasteiger partial charge in [-0.15, -0.1) is 0 Å². The van der Waals surface area contributed by atoms with E-state index < -0.39 is 0 Å². The molecule has 4 heteroatoms. The lowest BCUT2D eigenvalue weighted by molar-refractivity contribution is -0.0882. The summed E-state index contributed by atoms with van der Waals surface area (Å²) >= 11 is 3.22. The van der Waals surface area contributed by atoms with Crippen LogP contribution in [0.1, 0.15) is 19.4 Å². The molecule has 0 aromatic heterocycles. The van der Waals surface area contributed by atoms with Gasteiger partial charge >= 0.3 is 0 Å². The third kappa shape index (κ3) is 3.50. The van der Waals surface area contributed by atoms with Crippen molar-refractivity contribution in [1.29, 1.82) is 0 Å². The number of nitrogens with zero attached hydrogens (tertiary/aromatic N) is 1. The van der Waals surface area contributed by atoms with Gasteiger partial charge in [-0.2, -0.15) is 0 Å². The van der Waals surface area contributed by atoms with Gasteiger partial charge in [0.1, 0.15) is 5.82 Å². The number of ether oxygens (including phenoxy) is 1. The molecule has 0 radical (unpaired) electrons. The quantitative estimate of drug-likeness (QED) is 0.832. The van der Waals surface area contributed by atoms with Crippen molar-refractivity contribution in [2.75, 3.05) is 19.7 Å². The van der Waals surface area contributed by atoms with E-state index in [9.17, 15) is 4.39 Å². The summed E-state index contributed by atoms with van der Waals surface area (Å²) in [5.41, 5.74) is 1.03. The van der Waals surface area contributed by atoms with Crippen LogP contribution in [0.15, 0.2) is 22.7 Å². The number of benzene rings is 1. The van der Waals surface area contributed by atoms with E-state index in [0.29, 0.717) is 4.47 Å². The van der Waals surface area contributed by atoms with Crippen LogP contribution in [0.2, 0.25) is 0 Å². The molecule has 1 heterocycles. The van der Waals surface area contributed by atoms with Crippen LogP contribution in [0.25, 0.3) is 0 Å². The zero-order chi connectivity index (χ0) is 12.5. The van der Waals surface area contributed by atoms with Gasteiger partial charge in [-0.25, -0.2) is 4.39 Å². The molecule has 1 fully saturated rings. The Hall–Kier alpha value is -0.450. The summed E-state index contributed by atoms with van der Waals surface area (Å²) in [5.74, 6) is -0.212. The van der Waals surface area contributed by atoms with Gasteiger partial charge in [0.05, 0.1) is 16.7 Å². The lowest BCUT2D eigenvalue weighted by Gasteiger charge is -2.38. The van der Waals surface area contributed by atoms with Crippen LogP contribution >= 0.6 is 15.9 Å². The summed E-state index contributed by atoms with van der Waals surface area (Å²) in [7, 11) is 0. The molecule has 2 rings (SSSR count). The molecule has 0 spiro atoms. The molecule has 0 N–H and O–H groups in total. The van der Waals surface area contributed by atoms with E-state index in [0.717, 1.165) is 31.8 Å². The van der Waals surface area contributed by atoms with Crippen LogP contribution in [-0.2, 0) is 11.3 Å². The molecule has 17 heavy (non-hydrogen) atoms. The van der Waals surface area contributed by atoms with Crippen LogP contribution in [0.5, 0.6) is 0 Å². The standard InChI is InChI=1S/C13H17BrFNO/c1-13(2)9-16(5-6-17-13)8-10-3-4-12(15)11(14)7-10/h3-4,7H,5-6,8-9H2,1-2H3. The summed E-state index contributed by atoms with van der Waals surface area (Å²) in [6.45, 7) is 7.63. The van der Waals surface area contributed by atoms with E-state index in [1.807, 2.05) is 12.1 Å². The second-order valence-corrected chi connectivity index (χ2v) is 5.92. The zero-order valence-electron chi connectivity index (χ0n) is 10.2. The molecule has 0 unspecified atom stereocenters. The van der Waals surface area contributed by atoms with Crippen LogP contribution in [0, 0.1) is 5.82 Å². The molecule has 1 aromatic rings. The fraction of sp³-hybridized carbons (Fsp3) is 0.538. The number of halogens is 2. The average Bonchev–Trinajstić information content (AvgIpc) is 2.22. The summed E-state index contributed by atoms with van der Waals surface area (Å²) in [6.07, 6.45) is 0. The predicted molar refractivity (Wildman–Crippen MR) is 69.4 cm³/mol. The Balaban J connectivity index is 2.03. The lowest BCUT2D eigenvalue weighted by atomic mass is 10.1. The van der Waals surface area contributed by atoms with E-state index in [1.54, 1.807) is 0 Å². The van der Waals surface area contributed by atoms with E-state index in [1.165, 1.54) is 6.07 Å². The first kappa shape index (κ1) is 13.0. The van der Waals surface area contributed by atoms with Crippen molar-refractivity contribution >= 4 is 15.9 Å². The summed E-state index contributed by atoms with van der Waals surface area (Å²) in [6, 6.07) is 5.19. The van der Waals surface area contributed by atoms with Gasteiger partial charge in [-0.05, 0) is 47.5 Å². The fourth-order valence-electron chi connectivity index (χ4n) is 2.15. The highest BCUT2D eigenvalue weighted by Crippen LogP contribution is 2.21. The van der Waals surface area contributed by atoms with Gasteiger partial charge in [0.25, 0.3) is 0 Å². The Morgan fingerprint density at radius 3 is 2.88 bits per heavy atom. The highest BCUT2D eigenvalue weighted by Gasteiger charge is 2.26. The molecule has 2 nitrogen and oxygen atoms in total. The molecule has 0 saturated carbocycles. The van der Waals surface area contributed by atoms with Crippen LogP contribution in [0.3, 0.4) is 0 Å². The lowest BCUT2D eigenvalue weighted by Crippen LogP contribution is -2.47. The SMILES string of the molecule is CC1(C)CN(Cc2ccc(F)c(Br)c2)CCO1. The van der Waals surface area contributed by atoms with Crippen molar-refractivity contribution in [3.8, 4) is 0 Å². The monoisotopic (exact) mass is 301 g/mol. The number of hydrogen-bond donors (Lipinski definition) is 0. The van der Waals surface area contributed by atoms with E-state index in [4.69, 9.17) is 4.74 Å². The average molecular weight is 302 g/mol. The molecular weight excluding hydrogens is 285 g/mol. The molecule has 0 aliphatic carbocycles. The molecule has 0 bridgehead atoms. The summed E-state index contributed by atoms with van der Waals surface area (Å²) < 4.78 is 19.3. The second kappa shape index (κ2) is 5.04. The molecule has 1 saturated heterocycles. The van der Waals surface area contributed by atoms with Crippen LogP contribution < -0.4 is 0 Å². The van der Waals surface area contributed by atoms with Crippen LogP contribution in [0.4, 0.5) is 4.39 Å². The van der Waals surface area contributed by atoms with E-state index >= 15 is 0 Å². The highest BCUT2D eigenvalue weighted by molar-refractivity contribution is 9.10. The first-order valence-corrected chi connectivity index (χ1v) is 6.56. The summed E-state index contributed by atoms with van der Waals surface area (Å²) in [4.78, 5) is 2.34. The smallest absolute Gasteiger partial charge is 0.137 e. The van der Waals surface area contributed by atoms with Crippen molar-refractivity contribution in [3.05, 3.63) is 34.1 Å². The number of morpholine rings is 1. The van der Waals surface area contributed by atoms with Gasteiger partial charge < -0.3 is 4.74 Å². The van der Waals surface area contributed by atoms with E-state index in [2.05, 4.69) is 34.7 Å². The normalized spacial score (nSPS) is 20.5. The van der Waals surface area contributed by atoms with Gasteiger partial charge in [-0.1, -0.05) is 6.07 Å². The first-order valence-electron chi connectivity index (χ1n) is 5.76. The largest absolute Gasteiger partial charge is 0.373 e. The first-order chi connectivity index (χ1) is 7.96. The highest BCUT2D eigenvalue weighted by atomic mass is 79.9. The van der Waals surface area contributed by atoms with Gasteiger partial charge in [0.15, 0.2) is 0 Å². The minimum absolute atomic E-state index is 0.0878. The summed E-state index contributed by atoms with van der Waals surface area (Å²) in [5, 5.41) is 0. The van der Waals surface area contributed by atoms with Crippen LogP contribution in [-0.4, -0.2) is 30.2 Å². The van der Waals surface area contributed by atoms with Gasteiger partial charge in [-0.3, -0.25) is 4.90 Å². The maximum atomic E-state index is 13.1. The fourth-order valence-corrected chi connectivity index (χ4v) is 2.57. The molecule has 0 atom stereocenters. The Morgan fingerprint density at radius 2 is 2.24 bits per heavy atom. The Labute approximate surface area is 110 Å². The number of hydrogen-bond acceptors (Lipinski definition) is 2. The van der Waals surface area contributed by atoms with Crippen molar-refractivity contribution in [3.63, 3.8) is 0 Å². The van der Waals surface area contributed by atoms with Gasteiger partial charge in [0, 0.05) is 19.6 Å². The third-order valence-corrected chi connectivity index (χ3v) is 3.50. The van der Waals surface area contributed by atoms with Crippen molar-refractivity contribution in [1.82, 2.24) is 4.90 Å². The maximum Gasteiger partial charge on any atom is 0.137 e. The van der Waals surface area contributed by atoms with Crippen molar-refractivity contribution < 1.29 is 9.13 Å². The maximum absolute atomic E-state index is 13.1. The van der Waals surface area contributed by atoms with Crippen molar-refractivity contribution in [2.24, 2.45) is 0 Å². The topological polar surface area (TPSA) is 12.5 Å². The van der Waals surface area contributed by atoms with Gasteiger partial charge in [0.2, 0.25) is 0 Å². The molecule has 1 aliphatic rings. The Bertz CT molecular complexity index is 408. The zero-order valence-corrected chi connectivity index (χ0v) is 11.8. The Morgan fingerprint density at radius 1 is 1.47 bits per heavy atom. The predicted octanol–water partition coefficient (Wildman–Crippen LogP) is 3.20. The number of rotatable bonds is 2. The minimum Gasteiger partial charge on any atom is -0.373 e. The molecular formula is C13H17BrFNO. The molecule has 1 aromatic carbocycles. The molecule has 94 valence electrons. The molecule has 1 aliphatic heterocycles.